The molecule has 0 saturated carbocycles. The van der Waals surface area contributed by atoms with Gasteiger partial charge in [0.15, 0.2) is 0 Å². The minimum atomic E-state index is -0.144. The molecule has 0 aliphatic carbocycles. The highest BCUT2D eigenvalue weighted by atomic mass is 19.1. The number of benzene rings is 1. The molecule has 0 bridgehead atoms. The second kappa shape index (κ2) is 9.09. The van der Waals surface area contributed by atoms with Crippen LogP contribution in [-0.4, -0.2) is 37.1 Å². The summed E-state index contributed by atoms with van der Waals surface area (Å²) in [6, 6.07) is 5.58. The van der Waals surface area contributed by atoms with Gasteiger partial charge in [-0.25, -0.2) is 4.39 Å². The van der Waals surface area contributed by atoms with Gasteiger partial charge in [-0.3, -0.25) is 0 Å². The van der Waals surface area contributed by atoms with Crippen molar-refractivity contribution in [1.29, 1.82) is 0 Å². The average Bonchev–Trinajstić information content (AvgIpc) is 2.43. The molecule has 0 aliphatic heterocycles. The highest BCUT2D eigenvalue weighted by Crippen LogP contribution is 2.14. The summed E-state index contributed by atoms with van der Waals surface area (Å²) in [5, 5.41) is 3.56. The zero-order chi connectivity index (χ0) is 15.0. The molecule has 1 rings (SSSR count). The fourth-order valence-electron chi connectivity index (χ4n) is 2.60. The van der Waals surface area contributed by atoms with Crippen LogP contribution in [0.25, 0.3) is 0 Å². The Bertz CT molecular complexity index is 389. The molecule has 0 spiro atoms. The Kier molecular flexibility index (Phi) is 7.78. The van der Waals surface area contributed by atoms with Crippen molar-refractivity contribution in [2.24, 2.45) is 0 Å². The summed E-state index contributed by atoms with van der Waals surface area (Å²) in [4.78, 5) is 2.45. The topological polar surface area (TPSA) is 15.3 Å². The molecule has 114 valence electrons. The lowest BCUT2D eigenvalue weighted by Crippen LogP contribution is -2.36. The first kappa shape index (κ1) is 17.1. The van der Waals surface area contributed by atoms with Gasteiger partial charge in [0.2, 0.25) is 0 Å². The van der Waals surface area contributed by atoms with Crippen LogP contribution in [0.2, 0.25) is 0 Å². The second-order valence-electron chi connectivity index (χ2n) is 5.35. The standard InChI is InChI=1S/C17H29FN2/c1-5-19-17(10-11-20(6-2)7-3)13-15-8-9-16(18)12-14(15)4/h8-9,12,17,19H,5-7,10-11,13H2,1-4H3. The maximum absolute atomic E-state index is 13.2. The van der Waals surface area contributed by atoms with Gasteiger partial charge >= 0.3 is 0 Å². The largest absolute Gasteiger partial charge is 0.314 e. The predicted octanol–water partition coefficient (Wildman–Crippen LogP) is 3.39. The third kappa shape index (κ3) is 5.59. The van der Waals surface area contributed by atoms with E-state index in [1.54, 1.807) is 12.1 Å². The Hall–Kier alpha value is -0.930. The number of hydrogen-bond acceptors (Lipinski definition) is 2. The van der Waals surface area contributed by atoms with E-state index in [1.807, 2.05) is 13.0 Å². The van der Waals surface area contributed by atoms with E-state index < -0.39 is 0 Å². The Morgan fingerprint density at radius 1 is 1.20 bits per heavy atom. The SMILES string of the molecule is CCNC(CCN(CC)CC)Cc1ccc(F)cc1C. The van der Waals surface area contributed by atoms with Crippen LogP contribution in [-0.2, 0) is 6.42 Å². The highest BCUT2D eigenvalue weighted by Gasteiger charge is 2.12. The summed E-state index contributed by atoms with van der Waals surface area (Å²) in [6.45, 7) is 12.8. The molecule has 0 radical (unpaired) electrons. The molecule has 0 saturated heterocycles. The van der Waals surface area contributed by atoms with E-state index in [-0.39, 0.29) is 5.82 Å². The van der Waals surface area contributed by atoms with Gasteiger partial charge in [-0.05, 0) is 69.2 Å². The minimum absolute atomic E-state index is 0.144. The summed E-state index contributed by atoms with van der Waals surface area (Å²) >= 11 is 0. The van der Waals surface area contributed by atoms with Crippen molar-refractivity contribution < 1.29 is 4.39 Å². The zero-order valence-electron chi connectivity index (χ0n) is 13.4. The quantitative estimate of drug-likeness (QED) is 0.746. The number of aryl methyl sites for hydroxylation is 1. The van der Waals surface area contributed by atoms with Crippen LogP contribution >= 0.6 is 0 Å². The van der Waals surface area contributed by atoms with Crippen LogP contribution in [0.4, 0.5) is 4.39 Å². The van der Waals surface area contributed by atoms with E-state index in [9.17, 15) is 4.39 Å². The van der Waals surface area contributed by atoms with Crippen molar-refractivity contribution in [3.05, 3.63) is 35.1 Å². The number of likely N-dealkylation sites (N-methyl/N-ethyl adjacent to an activating group) is 1. The highest BCUT2D eigenvalue weighted by molar-refractivity contribution is 5.27. The molecule has 0 aliphatic rings. The summed E-state index contributed by atoms with van der Waals surface area (Å²) in [5.74, 6) is -0.144. The number of nitrogens with zero attached hydrogens (tertiary/aromatic N) is 1. The summed E-state index contributed by atoms with van der Waals surface area (Å²) in [7, 11) is 0. The summed E-state index contributed by atoms with van der Waals surface area (Å²) in [5.41, 5.74) is 2.30. The molecular weight excluding hydrogens is 251 g/mol. The van der Waals surface area contributed by atoms with Crippen molar-refractivity contribution in [2.45, 2.75) is 46.6 Å². The van der Waals surface area contributed by atoms with Crippen LogP contribution in [0.5, 0.6) is 0 Å². The molecule has 0 heterocycles. The predicted molar refractivity (Wildman–Crippen MR) is 84.7 cm³/mol. The molecule has 0 fully saturated rings. The smallest absolute Gasteiger partial charge is 0.123 e. The molecule has 1 aromatic rings. The van der Waals surface area contributed by atoms with E-state index >= 15 is 0 Å². The molecule has 1 atom stereocenters. The second-order valence-corrected chi connectivity index (χ2v) is 5.35. The Morgan fingerprint density at radius 2 is 1.90 bits per heavy atom. The van der Waals surface area contributed by atoms with Crippen molar-refractivity contribution >= 4 is 0 Å². The molecule has 2 nitrogen and oxygen atoms in total. The van der Waals surface area contributed by atoms with Crippen molar-refractivity contribution in [1.82, 2.24) is 10.2 Å². The van der Waals surface area contributed by atoms with Crippen LogP contribution in [0.3, 0.4) is 0 Å². The van der Waals surface area contributed by atoms with E-state index in [1.165, 1.54) is 5.56 Å². The van der Waals surface area contributed by atoms with Gasteiger partial charge < -0.3 is 10.2 Å². The van der Waals surface area contributed by atoms with Crippen molar-refractivity contribution in [3.63, 3.8) is 0 Å². The van der Waals surface area contributed by atoms with Gasteiger partial charge in [0.05, 0.1) is 0 Å². The van der Waals surface area contributed by atoms with E-state index in [2.05, 4.69) is 31.0 Å². The molecule has 1 aromatic carbocycles. The van der Waals surface area contributed by atoms with Gasteiger partial charge in [0.1, 0.15) is 5.82 Å². The molecule has 0 aromatic heterocycles. The number of halogens is 1. The molecule has 0 amide bonds. The van der Waals surface area contributed by atoms with E-state index in [4.69, 9.17) is 0 Å². The lowest BCUT2D eigenvalue weighted by molar-refractivity contribution is 0.281. The third-order valence-corrected chi connectivity index (χ3v) is 3.95. The lowest BCUT2D eigenvalue weighted by atomic mass is 9.99. The summed E-state index contributed by atoms with van der Waals surface area (Å²) in [6.07, 6.45) is 2.10. The number of hydrogen-bond donors (Lipinski definition) is 1. The third-order valence-electron chi connectivity index (χ3n) is 3.95. The fraction of sp³-hybridized carbons (Fsp3) is 0.647. The number of nitrogens with one attached hydrogen (secondary N) is 1. The maximum atomic E-state index is 13.2. The monoisotopic (exact) mass is 280 g/mol. The van der Waals surface area contributed by atoms with E-state index in [0.29, 0.717) is 6.04 Å². The van der Waals surface area contributed by atoms with Gasteiger partial charge in [-0.2, -0.15) is 0 Å². The molecular formula is C17H29FN2. The first-order valence-corrected chi connectivity index (χ1v) is 7.81. The molecule has 1 N–H and O–H groups in total. The van der Waals surface area contributed by atoms with Gasteiger partial charge in [-0.1, -0.05) is 26.8 Å². The molecule has 1 unspecified atom stereocenters. The summed E-state index contributed by atoms with van der Waals surface area (Å²) < 4.78 is 13.2. The van der Waals surface area contributed by atoms with Crippen LogP contribution in [0.15, 0.2) is 18.2 Å². The van der Waals surface area contributed by atoms with Crippen molar-refractivity contribution in [3.8, 4) is 0 Å². The number of rotatable bonds is 9. The first-order chi connectivity index (χ1) is 9.60. The van der Waals surface area contributed by atoms with E-state index in [0.717, 1.165) is 44.6 Å². The van der Waals surface area contributed by atoms with Crippen LogP contribution in [0, 0.1) is 12.7 Å². The first-order valence-electron chi connectivity index (χ1n) is 7.81. The average molecular weight is 280 g/mol. The van der Waals surface area contributed by atoms with Gasteiger partial charge in [0, 0.05) is 6.04 Å². The lowest BCUT2D eigenvalue weighted by Gasteiger charge is -2.24. The fourth-order valence-corrected chi connectivity index (χ4v) is 2.60. The van der Waals surface area contributed by atoms with Crippen LogP contribution in [0.1, 0.15) is 38.3 Å². The maximum Gasteiger partial charge on any atom is 0.123 e. The minimum Gasteiger partial charge on any atom is -0.314 e. The Labute approximate surface area is 123 Å². The van der Waals surface area contributed by atoms with Gasteiger partial charge in [-0.15, -0.1) is 0 Å². The Balaban J connectivity index is 2.61. The van der Waals surface area contributed by atoms with Gasteiger partial charge in [0.25, 0.3) is 0 Å². The van der Waals surface area contributed by atoms with Crippen LogP contribution < -0.4 is 5.32 Å². The zero-order valence-corrected chi connectivity index (χ0v) is 13.4. The normalized spacial score (nSPS) is 12.9. The van der Waals surface area contributed by atoms with Crippen molar-refractivity contribution in [2.75, 3.05) is 26.2 Å². The Morgan fingerprint density at radius 3 is 2.45 bits per heavy atom. The molecule has 3 heteroatoms. The molecule has 20 heavy (non-hydrogen) atoms.